The van der Waals surface area contributed by atoms with E-state index in [0.717, 1.165) is 13.0 Å². The number of hydrogen-bond donors (Lipinski definition) is 2. The molecule has 0 radical (unpaired) electrons. The largest absolute Gasteiger partial charge is 0.341 e. The number of aromatic nitrogens is 2. The fraction of sp³-hybridized carbons (Fsp3) is 0.500. The van der Waals surface area contributed by atoms with Crippen molar-refractivity contribution in [3.05, 3.63) is 18.7 Å². The number of imidazole rings is 1. The van der Waals surface area contributed by atoms with Crippen LogP contribution in [0.5, 0.6) is 0 Å². The molecular weight excluding hydrogens is 168 g/mol. The summed E-state index contributed by atoms with van der Waals surface area (Å²) in [6.45, 7) is 1.56. The molecule has 2 amide bonds. The van der Waals surface area contributed by atoms with E-state index in [1.54, 1.807) is 19.6 Å². The summed E-state index contributed by atoms with van der Waals surface area (Å²) in [7, 11) is 1.60. The fourth-order valence-corrected chi connectivity index (χ4v) is 0.971. The van der Waals surface area contributed by atoms with Crippen LogP contribution in [0.2, 0.25) is 0 Å². The number of nitrogens with zero attached hydrogens (tertiary/aromatic N) is 2. The Balaban J connectivity index is 2.05. The van der Waals surface area contributed by atoms with E-state index in [-0.39, 0.29) is 6.03 Å². The van der Waals surface area contributed by atoms with E-state index in [1.807, 2.05) is 10.8 Å². The van der Waals surface area contributed by atoms with Gasteiger partial charge >= 0.3 is 6.03 Å². The van der Waals surface area contributed by atoms with Gasteiger partial charge in [0, 0.05) is 32.5 Å². The van der Waals surface area contributed by atoms with E-state index in [1.165, 1.54) is 0 Å². The van der Waals surface area contributed by atoms with Crippen molar-refractivity contribution in [3.63, 3.8) is 0 Å². The van der Waals surface area contributed by atoms with Crippen LogP contribution in [0, 0.1) is 0 Å². The Morgan fingerprint density at radius 2 is 2.46 bits per heavy atom. The highest BCUT2D eigenvalue weighted by Gasteiger charge is 1.94. The molecule has 1 heterocycles. The minimum Gasteiger partial charge on any atom is -0.341 e. The number of nitrogens with one attached hydrogen (secondary N) is 2. The summed E-state index contributed by atoms with van der Waals surface area (Å²) in [5, 5.41) is 5.20. The lowest BCUT2D eigenvalue weighted by atomic mass is 10.4. The molecule has 72 valence electrons. The van der Waals surface area contributed by atoms with Gasteiger partial charge in [-0.05, 0) is 6.42 Å². The third-order valence-electron chi connectivity index (χ3n) is 1.66. The third-order valence-corrected chi connectivity index (χ3v) is 1.66. The fourth-order valence-electron chi connectivity index (χ4n) is 0.971. The molecule has 0 aliphatic heterocycles. The van der Waals surface area contributed by atoms with Gasteiger partial charge in [-0.25, -0.2) is 9.78 Å². The van der Waals surface area contributed by atoms with E-state index >= 15 is 0 Å². The molecule has 5 nitrogen and oxygen atoms in total. The summed E-state index contributed by atoms with van der Waals surface area (Å²) < 4.78 is 1.98. The Kier molecular flexibility index (Phi) is 3.81. The van der Waals surface area contributed by atoms with E-state index in [0.29, 0.717) is 6.54 Å². The zero-order valence-corrected chi connectivity index (χ0v) is 7.66. The molecule has 0 aliphatic rings. The van der Waals surface area contributed by atoms with Crippen molar-refractivity contribution in [3.8, 4) is 0 Å². The number of amides is 2. The Morgan fingerprint density at radius 3 is 3.08 bits per heavy atom. The van der Waals surface area contributed by atoms with Gasteiger partial charge in [-0.3, -0.25) is 0 Å². The molecule has 0 saturated heterocycles. The highest BCUT2D eigenvalue weighted by atomic mass is 16.2. The second-order valence-corrected chi connectivity index (χ2v) is 2.66. The van der Waals surface area contributed by atoms with Crippen LogP contribution in [-0.2, 0) is 6.54 Å². The van der Waals surface area contributed by atoms with Crippen molar-refractivity contribution >= 4 is 6.03 Å². The molecule has 1 aromatic rings. The molecule has 0 unspecified atom stereocenters. The normalized spacial score (nSPS) is 9.62. The maximum Gasteiger partial charge on any atom is 0.314 e. The van der Waals surface area contributed by atoms with Crippen molar-refractivity contribution in [2.75, 3.05) is 13.6 Å². The molecule has 0 aromatic carbocycles. The highest BCUT2D eigenvalue weighted by Crippen LogP contribution is 1.88. The summed E-state index contributed by atoms with van der Waals surface area (Å²) in [5.41, 5.74) is 0. The summed E-state index contributed by atoms with van der Waals surface area (Å²) in [4.78, 5) is 14.6. The average Bonchev–Trinajstić information content (AvgIpc) is 2.64. The first-order valence-corrected chi connectivity index (χ1v) is 4.24. The maximum atomic E-state index is 10.7. The third kappa shape index (κ3) is 3.59. The van der Waals surface area contributed by atoms with Gasteiger partial charge in [-0.15, -0.1) is 0 Å². The van der Waals surface area contributed by atoms with Crippen molar-refractivity contribution in [2.24, 2.45) is 0 Å². The van der Waals surface area contributed by atoms with Crippen LogP contribution < -0.4 is 10.6 Å². The number of aryl methyl sites for hydroxylation is 1. The molecular formula is C8H14N4O. The molecule has 0 spiro atoms. The summed E-state index contributed by atoms with van der Waals surface area (Å²) in [5.74, 6) is 0. The van der Waals surface area contributed by atoms with Gasteiger partial charge in [0.1, 0.15) is 0 Å². The summed E-state index contributed by atoms with van der Waals surface area (Å²) >= 11 is 0. The minimum absolute atomic E-state index is 0.134. The molecule has 0 saturated carbocycles. The molecule has 0 aliphatic carbocycles. The van der Waals surface area contributed by atoms with Gasteiger partial charge in [0.25, 0.3) is 0 Å². The SMILES string of the molecule is CNC(=O)NCCCn1ccnc1. The topological polar surface area (TPSA) is 59.0 Å². The number of rotatable bonds is 4. The minimum atomic E-state index is -0.134. The van der Waals surface area contributed by atoms with Crippen LogP contribution in [0.4, 0.5) is 4.79 Å². The van der Waals surface area contributed by atoms with Gasteiger partial charge in [0.05, 0.1) is 6.33 Å². The molecule has 13 heavy (non-hydrogen) atoms. The van der Waals surface area contributed by atoms with Crippen LogP contribution >= 0.6 is 0 Å². The zero-order chi connectivity index (χ0) is 9.52. The van der Waals surface area contributed by atoms with Gasteiger partial charge in [0.2, 0.25) is 0 Å². The molecule has 0 fully saturated rings. The number of carbonyl (C=O) groups excluding carboxylic acids is 1. The Morgan fingerprint density at radius 1 is 1.62 bits per heavy atom. The number of carbonyl (C=O) groups is 1. The zero-order valence-electron chi connectivity index (χ0n) is 7.66. The van der Waals surface area contributed by atoms with Crippen LogP contribution in [-0.4, -0.2) is 29.2 Å². The van der Waals surface area contributed by atoms with Gasteiger partial charge < -0.3 is 15.2 Å². The molecule has 5 heteroatoms. The maximum absolute atomic E-state index is 10.7. The predicted molar refractivity (Wildman–Crippen MR) is 49.3 cm³/mol. The monoisotopic (exact) mass is 182 g/mol. The standard InChI is InChI=1S/C8H14N4O/c1-9-8(13)11-3-2-5-12-6-4-10-7-12/h4,6-7H,2-3,5H2,1H3,(H2,9,11,13). The van der Waals surface area contributed by atoms with Crippen LogP contribution in [0.15, 0.2) is 18.7 Å². The van der Waals surface area contributed by atoms with Crippen LogP contribution in [0.3, 0.4) is 0 Å². The summed E-state index contributed by atoms with van der Waals surface area (Å²) in [6.07, 6.45) is 6.32. The molecule has 1 rings (SSSR count). The summed E-state index contributed by atoms with van der Waals surface area (Å²) in [6, 6.07) is -0.134. The van der Waals surface area contributed by atoms with E-state index in [2.05, 4.69) is 15.6 Å². The quantitative estimate of drug-likeness (QED) is 0.653. The Hall–Kier alpha value is -1.52. The van der Waals surface area contributed by atoms with Crippen molar-refractivity contribution < 1.29 is 4.79 Å². The van der Waals surface area contributed by atoms with Crippen LogP contribution in [0.25, 0.3) is 0 Å². The predicted octanol–water partition coefficient (Wildman–Crippen LogP) is 0.202. The van der Waals surface area contributed by atoms with Gasteiger partial charge in [-0.2, -0.15) is 0 Å². The average molecular weight is 182 g/mol. The second kappa shape index (κ2) is 5.18. The number of urea groups is 1. The lowest BCUT2D eigenvalue weighted by Crippen LogP contribution is -2.33. The van der Waals surface area contributed by atoms with Crippen molar-refractivity contribution in [1.82, 2.24) is 20.2 Å². The Labute approximate surface area is 77.2 Å². The van der Waals surface area contributed by atoms with Crippen LogP contribution in [0.1, 0.15) is 6.42 Å². The lowest BCUT2D eigenvalue weighted by molar-refractivity contribution is 0.242. The highest BCUT2D eigenvalue weighted by molar-refractivity contribution is 5.73. The first-order chi connectivity index (χ1) is 6.33. The lowest BCUT2D eigenvalue weighted by Gasteiger charge is -2.04. The molecule has 0 atom stereocenters. The first kappa shape index (κ1) is 9.57. The number of hydrogen-bond acceptors (Lipinski definition) is 2. The van der Waals surface area contributed by atoms with Crippen molar-refractivity contribution in [1.29, 1.82) is 0 Å². The second-order valence-electron chi connectivity index (χ2n) is 2.66. The van der Waals surface area contributed by atoms with Gasteiger partial charge in [0.15, 0.2) is 0 Å². The Bertz CT molecular complexity index is 245. The van der Waals surface area contributed by atoms with E-state index < -0.39 is 0 Å². The molecule has 2 N–H and O–H groups in total. The van der Waals surface area contributed by atoms with Gasteiger partial charge in [-0.1, -0.05) is 0 Å². The van der Waals surface area contributed by atoms with E-state index in [4.69, 9.17) is 0 Å². The molecule has 1 aromatic heterocycles. The smallest absolute Gasteiger partial charge is 0.314 e. The van der Waals surface area contributed by atoms with E-state index in [9.17, 15) is 4.79 Å². The van der Waals surface area contributed by atoms with Crippen molar-refractivity contribution in [2.45, 2.75) is 13.0 Å². The first-order valence-electron chi connectivity index (χ1n) is 4.24. The molecule has 0 bridgehead atoms.